The summed E-state index contributed by atoms with van der Waals surface area (Å²) in [6.07, 6.45) is 9.58. The lowest BCUT2D eigenvalue weighted by molar-refractivity contribution is -0.136. The first-order chi connectivity index (χ1) is 14.1. The average Bonchev–Trinajstić information content (AvgIpc) is 2.73. The molecule has 0 heterocycles. The van der Waals surface area contributed by atoms with Gasteiger partial charge in [-0.15, -0.1) is 0 Å². The molecule has 0 unspecified atom stereocenters. The van der Waals surface area contributed by atoms with E-state index in [2.05, 4.69) is 6.92 Å². The van der Waals surface area contributed by atoms with Crippen molar-refractivity contribution in [3.8, 4) is 5.75 Å². The SMILES string of the molecule is CCCCCCCCCCOc1ccc(C(=O)c2ccccc2)cc1CC(=O)O. The van der Waals surface area contributed by atoms with Crippen molar-refractivity contribution in [2.24, 2.45) is 0 Å². The van der Waals surface area contributed by atoms with Crippen molar-refractivity contribution in [3.05, 3.63) is 65.2 Å². The largest absolute Gasteiger partial charge is 0.493 e. The van der Waals surface area contributed by atoms with Crippen LogP contribution in [0, 0.1) is 0 Å². The molecule has 0 amide bonds. The first-order valence-electron chi connectivity index (χ1n) is 10.7. The molecule has 0 saturated heterocycles. The van der Waals surface area contributed by atoms with Gasteiger partial charge in [0.2, 0.25) is 0 Å². The molecule has 0 aliphatic carbocycles. The third-order valence-electron chi connectivity index (χ3n) is 4.96. The van der Waals surface area contributed by atoms with Gasteiger partial charge in [0.25, 0.3) is 0 Å². The van der Waals surface area contributed by atoms with E-state index in [1.807, 2.05) is 18.2 Å². The molecule has 4 heteroatoms. The fourth-order valence-corrected chi connectivity index (χ4v) is 3.34. The number of hydrogen-bond donors (Lipinski definition) is 1. The Morgan fingerprint density at radius 3 is 2.14 bits per heavy atom. The highest BCUT2D eigenvalue weighted by molar-refractivity contribution is 6.09. The Kier molecular flexibility index (Phi) is 9.98. The number of benzene rings is 2. The minimum atomic E-state index is -0.939. The van der Waals surface area contributed by atoms with E-state index < -0.39 is 5.97 Å². The lowest BCUT2D eigenvalue weighted by Gasteiger charge is -2.12. The van der Waals surface area contributed by atoms with Crippen molar-refractivity contribution in [2.45, 2.75) is 64.7 Å². The van der Waals surface area contributed by atoms with Crippen LogP contribution in [0.4, 0.5) is 0 Å². The van der Waals surface area contributed by atoms with Gasteiger partial charge in [-0.1, -0.05) is 82.2 Å². The quantitative estimate of drug-likeness (QED) is 0.311. The number of carbonyl (C=O) groups excluding carboxylic acids is 1. The Morgan fingerprint density at radius 1 is 0.828 bits per heavy atom. The van der Waals surface area contributed by atoms with Crippen LogP contribution in [0.25, 0.3) is 0 Å². The Bertz CT molecular complexity index is 768. The Labute approximate surface area is 173 Å². The summed E-state index contributed by atoms with van der Waals surface area (Å²) in [6.45, 7) is 2.79. The van der Waals surface area contributed by atoms with E-state index in [0.717, 1.165) is 12.8 Å². The molecule has 0 aromatic heterocycles. The molecular weight excluding hydrogens is 364 g/mol. The Balaban J connectivity index is 1.90. The first-order valence-corrected chi connectivity index (χ1v) is 10.7. The zero-order chi connectivity index (χ0) is 20.9. The number of aliphatic carboxylic acids is 1. The van der Waals surface area contributed by atoms with Crippen LogP contribution in [-0.4, -0.2) is 23.5 Å². The summed E-state index contributed by atoms with van der Waals surface area (Å²) >= 11 is 0. The third-order valence-corrected chi connectivity index (χ3v) is 4.96. The van der Waals surface area contributed by atoms with Gasteiger partial charge in [-0.25, -0.2) is 0 Å². The molecule has 0 aliphatic heterocycles. The van der Waals surface area contributed by atoms with Crippen LogP contribution in [-0.2, 0) is 11.2 Å². The second-order valence-electron chi connectivity index (χ2n) is 7.41. The van der Waals surface area contributed by atoms with E-state index in [-0.39, 0.29) is 12.2 Å². The van der Waals surface area contributed by atoms with Crippen molar-refractivity contribution in [3.63, 3.8) is 0 Å². The number of carbonyl (C=O) groups is 2. The van der Waals surface area contributed by atoms with Crippen LogP contribution in [0.3, 0.4) is 0 Å². The van der Waals surface area contributed by atoms with Gasteiger partial charge in [0, 0.05) is 16.7 Å². The van der Waals surface area contributed by atoms with Gasteiger partial charge in [0.1, 0.15) is 5.75 Å². The Morgan fingerprint density at radius 2 is 1.48 bits per heavy atom. The van der Waals surface area contributed by atoms with Crippen LogP contribution >= 0.6 is 0 Å². The molecule has 2 aromatic rings. The topological polar surface area (TPSA) is 63.6 Å². The standard InChI is InChI=1S/C25H32O4/c1-2-3-4-5-6-7-8-12-17-29-23-16-15-21(18-22(23)19-24(26)27)25(28)20-13-10-9-11-14-20/h9-11,13-16,18H,2-8,12,17,19H2,1H3,(H,26,27). The number of ether oxygens (including phenoxy) is 1. The highest BCUT2D eigenvalue weighted by atomic mass is 16.5. The number of hydrogen-bond acceptors (Lipinski definition) is 3. The third kappa shape index (κ3) is 8.10. The van der Waals surface area contributed by atoms with Crippen molar-refractivity contribution >= 4 is 11.8 Å². The maximum absolute atomic E-state index is 12.6. The van der Waals surface area contributed by atoms with Crippen LogP contribution in [0.15, 0.2) is 48.5 Å². The van der Waals surface area contributed by atoms with E-state index in [4.69, 9.17) is 4.74 Å². The average molecular weight is 397 g/mol. The normalized spacial score (nSPS) is 10.7. The van der Waals surface area contributed by atoms with Crippen LogP contribution in [0.1, 0.15) is 79.8 Å². The predicted molar refractivity (Wildman–Crippen MR) is 116 cm³/mol. The monoisotopic (exact) mass is 396 g/mol. The summed E-state index contributed by atoms with van der Waals surface area (Å²) in [7, 11) is 0. The van der Waals surface area contributed by atoms with Crippen LogP contribution in [0.5, 0.6) is 5.75 Å². The highest BCUT2D eigenvalue weighted by Crippen LogP contribution is 2.23. The second kappa shape index (κ2) is 12.8. The van der Waals surface area contributed by atoms with Gasteiger partial charge in [0.05, 0.1) is 13.0 Å². The molecule has 2 rings (SSSR count). The lowest BCUT2D eigenvalue weighted by Crippen LogP contribution is -2.08. The number of carboxylic acid groups (broad SMARTS) is 1. The molecule has 29 heavy (non-hydrogen) atoms. The summed E-state index contributed by atoms with van der Waals surface area (Å²) in [5.74, 6) is -0.502. The molecule has 0 saturated carbocycles. The lowest BCUT2D eigenvalue weighted by atomic mass is 9.99. The minimum Gasteiger partial charge on any atom is -0.493 e. The summed E-state index contributed by atoms with van der Waals surface area (Å²) in [5, 5.41) is 9.23. The summed E-state index contributed by atoms with van der Waals surface area (Å²) in [6, 6.07) is 14.1. The van der Waals surface area contributed by atoms with Crippen molar-refractivity contribution in [2.75, 3.05) is 6.61 Å². The van der Waals surface area contributed by atoms with Gasteiger partial charge in [-0.2, -0.15) is 0 Å². The van der Waals surface area contributed by atoms with E-state index >= 15 is 0 Å². The first kappa shape index (κ1) is 22.7. The van der Waals surface area contributed by atoms with E-state index in [0.29, 0.717) is 29.0 Å². The van der Waals surface area contributed by atoms with E-state index in [1.54, 1.807) is 30.3 Å². The van der Waals surface area contributed by atoms with Crippen LogP contribution < -0.4 is 4.74 Å². The van der Waals surface area contributed by atoms with E-state index in [9.17, 15) is 14.7 Å². The molecule has 156 valence electrons. The number of ketones is 1. The van der Waals surface area contributed by atoms with Gasteiger partial charge in [-0.3, -0.25) is 9.59 Å². The molecule has 1 N–H and O–H groups in total. The van der Waals surface area contributed by atoms with Gasteiger partial charge >= 0.3 is 5.97 Å². The molecule has 0 bridgehead atoms. The van der Waals surface area contributed by atoms with Crippen molar-refractivity contribution in [1.82, 2.24) is 0 Å². The summed E-state index contributed by atoms with van der Waals surface area (Å²) < 4.78 is 5.85. The van der Waals surface area contributed by atoms with Crippen molar-refractivity contribution < 1.29 is 19.4 Å². The highest BCUT2D eigenvalue weighted by Gasteiger charge is 2.14. The second-order valence-corrected chi connectivity index (χ2v) is 7.41. The fraction of sp³-hybridized carbons (Fsp3) is 0.440. The molecule has 0 spiro atoms. The smallest absolute Gasteiger partial charge is 0.307 e. The molecule has 0 radical (unpaired) electrons. The van der Waals surface area contributed by atoms with Gasteiger partial charge in [-0.05, 0) is 24.6 Å². The minimum absolute atomic E-state index is 0.119. The molecular formula is C25H32O4. The molecule has 0 fully saturated rings. The zero-order valence-corrected chi connectivity index (χ0v) is 17.4. The number of rotatable bonds is 14. The fourth-order valence-electron chi connectivity index (χ4n) is 3.34. The number of carboxylic acids is 1. The van der Waals surface area contributed by atoms with Gasteiger partial charge in [0.15, 0.2) is 5.78 Å². The molecule has 4 nitrogen and oxygen atoms in total. The maximum atomic E-state index is 12.6. The zero-order valence-electron chi connectivity index (χ0n) is 17.4. The van der Waals surface area contributed by atoms with Gasteiger partial charge < -0.3 is 9.84 Å². The summed E-state index contributed by atoms with van der Waals surface area (Å²) in [5.41, 5.74) is 1.60. The summed E-state index contributed by atoms with van der Waals surface area (Å²) in [4.78, 5) is 23.9. The predicted octanol–water partition coefficient (Wildman–Crippen LogP) is 6.06. The Hall–Kier alpha value is -2.62. The van der Waals surface area contributed by atoms with Crippen molar-refractivity contribution in [1.29, 1.82) is 0 Å². The maximum Gasteiger partial charge on any atom is 0.307 e. The molecule has 2 aromatic carbocycles. The van der Waals surface area contributed by atoms with E-state index in [1.165, 1.54) is 38.5 Å². The number of unbranched alkanes of at least 4 members (excludes halogenated alkanes) is 7. The molecule has 0 aliphatic rings. The van der Waals surface area contributed by atoms with Crippen LogP contribution in [0.2, 0.25) is 0 Å². The molecule has 0 atom stereocenters.